The summed E-state index contributed by atoms with van der Waals surface area (Å²) in [4.78, 5) is 25.1. The van der Waals surface area contributed by atoms with Gasteiger partial charge in [0.2, 0.25) is 0 Å². The Hall–Kier alpha value is -1.92. The van der Waals surface area contributed by atoms with Crippen LogP contribution in [0.1, 0.15) is 79.0 Å². The maximum atomic E-state index is 12.6. The molecule has 0 amide bonds. The second-order valence-electron chi connectivity index (χ2n) is 10.2. The molecule has 6 heteroatoms. The number of carbonyl (C=O) groups excluding carboxylic acids is 2. The van der Waals surface area contributed by atoms with Crippen LogP contribution >= 0.6 is 0 Å². The molecule has 1 aliphatic rings. The third-order valence-electron chi connectivity index (χ3n) is 4.84. The fourth-order valence-electron chi connectivity index (χ4n) is 3.12. The summed E-state index contributed by atoms with van der Waals surface area (Å²) >= 11 is 0. The van der Waals surface area contributed by atoms with Gasteiger partial charge in [-0.15, -0.1) is 0 Å². The standard InChI is InChI=1S/C23H35NO5/c1-13(2)24-16-11-9-15-14(18(16)25)10-12-17(28-20(26)22(3,4)5)19(15)29-21(27)23(6,7)8/h10,12-13,16,18,24-25H,9,11H2,1-8H3. The van der Waals surface area contributed by atoms with Crippen LogP contribution in [0, 0.1) is 10.8 Å². The Morgan fingerprint density at radius 2 is 1.59 bits per heavy atom. The van der Waals surface area contributed by atoms with Crippen molar-refractivity contribution in [1.29, 1.82) is 0 Å². The molecule has 0 saturated carbocycles. The Labute approximate surface area is 174 Å². The van der Waals surface area contributed by atoms with Crippen LogP contribution in [0.2, 0.25) is 0 Å². The molecule has 0 aliphatic heterocycles. The Balaban J connectivity index is 2.49. The van der Waals surface area contributed by atoms with Crippen molar-refractivity contribution in [2.24, 2.45) is 10.8 Å². The van der Waals surface area contributed by atoms with Gasteiger partial charge < -0.3 is 19.9 Å². The van der Waals surface area contributed by atoms with E-state index in [9.17, 15) is 14.7 Å². The fourth-order valence-corrected chi connectivity index (χ4v) is 3.12. The molecule has 2 atom stereocenters. The van der Waals surface area contributed by atoms with Gasteiger partial charge in [-0.3, -0.25) is 9.59 Å². The minimum Gasteiger partial charge on any atom is -0.422 e. The van der Waals surface area contributed by atoms with Gasteiger partial charge in [-0.05, 0) is 66.0 Å². The maximum absolute atomic E-state index is 12.6. The van der Waals surface area contributed by atoms with Crippen molar-refractivity contribution >= 4 is 11.9 Å². The molecule has 0 saturated heterocycles. The summed E-state index contributed by atoms with van der Waals surface area (Å²) in [5.74, 6) is -0.386. The number of hydrogen-bond donors (Lipinski definition) is 2. The molecule has 0 spiro atoms. The molecular weight excluding hydrogens is 370 g/mol. The number of esters is 2. The zero-order chi connectivity index (χ0) is 22.1. The minimum atomic E-state index is -0.736. The Morgan fingerprint density at radius 3 is 2.10 bits per heavy atom. The molecule has 2 rings (SSSR count). The van der Waals surface area contributed by atoms with E-state index in [2.05, 4.69) is 5.32 Å². The van der Waals surface area contributed by atoms with Gasteiger partial charge in [0, 0.05) is 17.6 Å². The van der Waals surface area contributed by atoms with Gasteiger partial charge >= 0.3 is 11.9 Å². The normalized spacial score (nSPS) is 19.7. The van der Waals surface area contributed by atoms with E-state index in [1.54, 1.807) is 53.7 Å². The lowest BCUT2D eigenvalue weighted by atomic mass is 9.84. The van der Waals surface area contributed by atoms with E-state index in [-0.39, 0.29) is 23.6 Å². The molecule has 1 aliphatic carbocycles. The van der Waals surface area contributed by atoms with Crippen molar-refractivity contribution < 1.29 is 24.2 Å². The lowest BCUT2D eigenvalue weighted by molar-refractivity contribution is -0.145. The first kappa shape index (κ1) is 23.4. The van der Waals surface area contributed by atoms with E-state index in [1.165, 1.54) is 0 Å². The van der Waals surface area contributed by atoms with E-state index in [4.69, 9.17) is 9.47 Å². The third-order valence-corrected chi connectivity index (χ3v) is 4.84. The van der Waals surface area contributed by atoms with Crippen LogP contribution in [-0.2, 0) is 16.0 Å². The average molecular weight is 406 g/mol. The molecular formula is C23H35NO5. The van der Waals surface area contributed by atoms with Gasteiger partial charge in [0.15, 0.2) is 11.5 Å². The highest BCUT2D eigenvalue weighted by Crippen LogP contribution is 2.42. The predicted molar refractivity (Wildman–Crippen MR) is 112 cm³/mol. The number of aliphatic hydroxyl groups is 1. The third kappa shape index (κ3) is 5.58. The summed E-state index contributed by atoms with van der Waals surface area (Å²) in [6.07, 6.45) is 0.550. The first-order valence-electron chi connectivity index (χ1n) is 10.3. The SMILES string of the molecule is CC(C)NC1CCc2c(ccc(OC(=O)C(C)(C)C)c2OC(=O)C(C)(C)C)C1O. The highest BCUT2D eigenvalue weighted by Gasteiger charge is 2.35. The zero-order valence-electron chi connectivity index (χ0n) is 18.9. The van der Waals surface area contributed by atoms with Crippen molar-refractivity contribution in [3.63, 3.8) is 0 Å². The van der Waals surface area contributed by atoms with Gasteiger partial charge in [-0.25, -0.2) is 0 Å². The van der Waals surface area contributed by atoms with Crippen LogP contribution in [0.5, 0.6) is 11.5 Å². The number of hydrogen-bond acceptors (Lipinski definition) is 6. The molecule has 0 aromatic heterocycles. The summed E-state index contributed by atoms with van der Waals surface area (Å²) in [5.41, 5.74) is -0.00597. The Morgan fingerprint density at radius 1 is 1.03 bits per heavy atom. The number of aliphatic hydroxyl groups excluding tert-OH is 1. The molecule has 0 heterocycles. The van der Waals surface area contributed by atoms with Crippen molar-refractivity contribution in [2.75, 3.05) is 0 Å². The van der Waals surface area contributed by atoms with Crippen molar-refractivity contribution in [1.82, 2.24) is 5.32 Å². The van der Waals surface area contributed by atoms with E-state index in [0.29, 0.717) is 18.4 Å². The molecule has 1 aromatic carbocycles. The molecule has 2 N–H and O–H groups in total. The molecule has 2 unspecified atom stereocenters. The summed E-state index contributed by atoms with van der Waals surface area (Å²) in [5, 5.41) is 14.3. The van der Waals surface area contributed by atoms with Crippen molar-refractivity contribution in [3.8, 4) is 11.5 Å². The lowest BCUT2D eigenvalue weighted by Gasteiger charge is -2.33. The van der Waals surface area contributed by atoms with Gasteiger partial charge in [-0.2, -0.15) is 0 Å². The van der Waals surface area contributed by atoms with E-state index < -0.39 is 28.9 Å². The van der Waals surface area contributed by atoms with E-state index >= 15 is 0 Å². The number of rotatable bonds is 4. The zero-order valence-corrected chi connectivity index (χ0v) is 18.9. The highest BCUT2D eigenvalue weighted by molar-refractivity contribution is 5.82. The minimum absolute atomic E-state index is 0.0864. The van der Waals surface area contributed by atoms with E-state index in [1.807, 2.05) is 13.8 Å². The Kier molecular flexibility index (Phi) is 6.80. The number of carbonyl (C=O) groups is 2. The number of fused-ring (bicyclic) bond motifs is 1. The summed E-state index contributed by atoms with van der Waals surface area (Å²) in [6, 6.07) is 3.51. The largest absolute Gasteiger partial charge is 0.422 e. The fraction of sp³-hybridized carbons (Fsp3) is 0.652. The molecule has 1 aromatic rings. The van der Waals surface area contributed by atoms with Crippen molar-refractivity contribution in [2.45, 2.75) is 86.4 Å². The second-order valence-corrected chi connectivity index (χ2v) is 10.2. The molecule has 29 heavy (non-hydrogen) atoms. The van der Waals surface area contributed by atoms with Gasteiger partial charge in [0.25, 0.3) is 0 Å². The van der Waals surface area contributed by atoms with Gasteiger partial charge in [-0.1, -0.05) is 19.9 Å². The monoisotopic (exact) mass is 405 g/mol. The Bertz CT molecular complexity index is 771. The van der Waals surface area contributed by atoms with Crippen molar-refractivity contribution in [3.05, 3.63) is 23.3 Å². The van der Waals surface area contributed by atoms with Crippen LogP contribution in [0.15, 0.2) is 12.1 Å². The molecule has 0 radical (unpaired) electrons. The van der Waals surface area contributed by atoms with Crippen LogP contribution in [-0.4, -0.2) is 29.1 Å². The van der Waals surface area contributed by atoms with Crippen LogP contribution in [0.25, 0.3) is 0 Å². The molecule has 162 valence electrons. The van der Waals surface area contributed by atoms with Gasteiger partial charge in [0.05, 0.1) is 16.9 Å². The van der Waals surface area contributed by atoms with Gasteiger partial charge in [0.1, 0.15) is 0 Å². The molecule has 0 fully saturated rings. The second kappa shape index (κ2) is 8.44. The first-order chi connectivity index (χ1) is 13.2. The number of nitrogens with one attached hydrogen (secondary N) is 1. The summed E-state index contributed by atoms with van der Waals surface area (Å²) < 4.78 is 11.3. The molecule has 6 nitrogen and oxygen atoms in total. The smallest absolute Gasteiger partial charge is 0.316 e. The highest BCUT2D eigenvalue weighted by atomic mass is 16.6. The first-order valence-corrected chi connectivity index (χ1v) is 10.3. The maximum Gasteiger partial charge on any atom is 0.316 e. The number of ether oxygens (including phenoxy) is 2. The summed E-state index contributed by atoms with van der Waals surface area (Å²) in [7, 11) is 0. The predicted octanol–water partition coefficient (Wildman–Crippen LogP) is 3.94. The lowest BCUT2D eigenvalue weighted by Crippen LogP contribution is -2.42. The van der Waals surface area contributed by atoms with E-state index in [0.717, 1.165) is 5.56 Å². The van der Waals surface area contributed by atoms with Crippen LogP contribution in [0.4, 0.5) is 0 Å². The number of benzene rings is 1. The van der Waals surface area contributed by atoms with Crippen LogP contribution < -0.4 is 14.8 Å². The molecule has 0 bridgehead atoms. The quantitative estimate of drug-likeness (QED) is 0.583. The topological polar surface area (TPSA) is 84.9 Å². The average Bonchev–Trinajstić information content (AvgIpc) is 2.57. The summed E-state index contributed by atoms with van der Waals surface area (Å²) in [6.45, 7) is 14.7. The van der Waals surface area contributed by atoms with Crippen LogP contribution in [0.3, 0.4) is 0 Å².